The molecule has 0 bridgehead atoms. The third-order valence-electron chi connectivity index (χ3n) is 4.01. The Morgan fingerprint density at radius 2 is 2.38 bits per heavy atom. The van der Waals surface area contributed by atoms with Crippen LogP contribution in [0.2, 0.25) is 0 Å². The molecule has 2 aliphatic carbocycles. The summed E-state index contributed by atoms with van der Waals surface area (Å²) in [6.07, 6.45) is 3.15. The Labute approximate surface area is 103 Å². The summed E-state index contributed by atoms with van der Waals surface area (Å²) in [5.41, 5.74) is 2.87. The van der Waals surface area contributed by atoms with Gasteiger partial charge < -0.3 is 4.74 Å². The van der Waals surface area contributed by atoms with Gasteiger partial charge in [0.05, 0.1) is 13.0 Å². The Balaban J connectivity index is 1.97. The molecule has 2 unspecified atom stereocenters. The van der Waals surface area contributed by atoms with E-state index in [9.17, 15) is 4.79 Å². The number of carbonyl (C=O) groups is 1. The predicted octanol–water partition coefficient (Wildman–Crippen LogP) is 2.83. The van der Waals surface area contributed by atoms with Gasteiger partial charge in [0.1, 0.15) is 0 Å². The van der Waals surface area contributed by atoms with Gasteiger partial charge in [0.15, 0.2) is 0 Å². The molecule has 0 aliphatic heterocycles. The van der Waals surface area contributed by atoms with Crippen LogP contribution in [0, 0.1) is 5.92 Å². The first kappa shape index (κ1) is 10.3. The Bertz CT molecular complexity index is 469. The summed E-state index contributed by atoms with van der Waals surface area (Å²) in [5.74, 6) is 0.0516. The molecule has 0 heterocycles. The zero-order valence-corrected chi connectivity index (χ0v) is 10.7. The lowest BCUT2D eigenvalue weighted by molar-refractivity contribution is -0.142. The van der Waals surface area contributed by atoms with E-state index in [4.69, 9.17) is 4.74 Å². The number of fused-ring (bicyclic) bond motifs is 2. The van der Waals surface area contributed by atoms with E-state index in [0.29, 0.717) is 0 Å². The molecule has 16 heavy (non-hydrogen) atoms. The molecule has 0 aromatic heterocycles. The van der Waals surface area contributed by atoms with Gasteiger partial charge in [-0.25, -0.2) is 0 Å². The molecule has 1 aromatic carbocycles. The smallest absolute Gasteiger partial charge is 0.309 e. The molecule has 0 saturated heterocycles. The number of carbonyl (C=O) groups excluding carboxylic acids is 1. The number of esters is 1. The summed E-state index contributed by atoms with van der Waals surface area (Å²) >= 11 is 3.49. The largest absolute Gasteiger partial charge is 0.469 e. The molecule has 1 spiro atoms. The van der Waals surface area contributed by atoms with E-state index >= 15 is 0 Å². The lowest BCUT2D eigenvalue weighted by Gasteiger charge is -2.10. The summed E-state index contributed by atoms with van der Waals surface area (Å²) in [7, 11) is 1.48. The quantitative estimate of drug-likeness (QED) is 0.740. The van der Waals surface area contributed by atoms with Crippen molar-refractivity contribution in [2.45, 2.75) is 24.7 Å². The van der Waals surface area contributed by atoms with Crippen LogP contribution in [0.1, 0.15) is 24.0 Å². The topological polar surface area (TPSA) is 26.3 Å². The minimum atomic E-state index is -0.0456. The maximum Gasteiger partial charge on any atom is 0.309 e. The fourth-order valence-electron chi connectivity index (χ4n) is 3.08. The molecular formula is C13H13BrO2. The molecule has 3 rings (SSSR count). The highest BCUT2D eigenvalue weighted by molar-refractivity contribution is 9.10. The summed E-state index contributed by atoms with van der Waals surface area (Å²) in [6.45, 7) is 0. The first-order chi connectivity index (χ1) is 7.67. The minimum Gasteiger partial charge on any atom is -0.469 e. The average molecular weight is 281 g/mol. The van der Waals surface area contributed by atoms with Gasteiger partial charge in [-0.2, -0.15) is 0 Å². The second kappa shape index (κ2) is 3.33. The van der Waals surface area contributed by atoms with Crippen LogP contribution < -0.4 is 0 Å². The van der Waals surface area contributed by atoms with Crippen molar-refractivity contribution < 1.29 is 9.53 Å². The number of benzene rings is 1. The van der Waals surface area contributed by atoms with Crippen LogP contribution in [0.4, 0.5) is 0 Å². The first-order valence-corrected chi connectivity index (χ1v) is 6.33. The standard InChI is InChI=1S/C13H13BrO2/c1-16-12(15)11-7-13(11)5-4-8-6-9(14)2-3-10(8)13/h2-3,6,11H,4-5,7H2,1H3. The first-order valence-electron chi connectivity index (χ1n) is 5.54. The molecular weight excluding hydrogens is 268 g/mol. The van der Waals surface area contributed by atoms with Crippen LogP contribution in [0.25, 0.3) is 0 Å². The van der Waals surface area contributed by atoms with E-state index in [1.165, 1.54) is 18.2 Å². The zero-order chi connectivity index (χ0) is 11.3. The molecule has 2 atom stereocenters. The number of hydrogen-bond donors (Lipinski definition) is 0. The van der Waals surface area contributed by atoms with Gasteiger partial charge in [0, 0.05) is 9.89 Å². The van der Waals surface area contributed by atoms with Gasteiger partial charge in [-0.3, -0.25) is 4.79 Å². The van der Waals surface area contributed by atoms with Crippen LogP contribution in [0.3, 0.4) is 0 Å². The van der Waals surface area contributed by atoms with E-state index in [-0.39, 0.29) is 17.3 Å². The molecule has 1 aromatic rings. The summed E-state index contributed by atoms with van der Waals surface area (Å²) in [6, 6.07) is 6.41. The van der Waals surface area contributed by atoms with E-state index < -0.39 is 0 Å². The van der Waals surface area contributed by atoms with Crippen LogP contribution in [-0.4, -0.2) is 13.1 Å². The lowest BCUT2D eigenvalue weighted by atomic mass is 9.95. The third kappa shape index (κ3) is 1.27. The number of hydrogen-bond acceptors (Lipinski definition) is 2. The predicted molar refractivity (Wildman–Crippen MR) is 64.3 cm³/mol. The van der Waals surface area contributed by atoms with Gasteiger partial charge in [0.25, 0.3) is 0 Å². The van der Waals surface area contributed by atoms with Crippen molar-refractivity contribution >= 4 is 21.9 Å². The Hall–Kier alpha value is -0.830. The lowest BCUT2D eigenvalue weighted by Crippen LogP contribution is -2.13. The van der Waals surface area contributed by atoms with Crippen molar-refractivity contribution in [3.8, 4) is 0 Å². The van der Waals surface area contributed by atoms with Crippen LogP contribution in [-0.2, 0) is 21.4 Å². The van der Waals surface area contributed by atoms with Crippen molar-refractivity contribution in [1.82, 2.24) is 0 Å². The number of halogens is 1. The van der Waals surface area contributed by atoms with E-state index in [1.807, 2.05) is 0 Å². The Morgan fingerprint density at radius 3 is 3.12 bits per heavy atom. The summed E-state index contributed by atoms with van der Waals surface area (Å²) in [5, 5.41) is 0. The molecule has 0 amide bonds. The van der Waals surface area contributed by atoms with Crippen molar-refractivity contribution in [2.75, 3.05) is 7.11 Å². The van der Waals surface area contributed by atoms with E-state index in [1.54, 1.807) is 0 Å². The molecule has 3 heteroatoms. The molecule has 0 N–H and O–H groups in total. The van der Waals surface area contributed by atoms with Crippen molar-refractivity contribution in [3.63, 3.8) is 0 Å². The SMILES string of the molecule is COC(=O)C1CC12CCc1cc(Br)ccc12. The average Bonchev–Trinajstić information content (AvgIpc) is 2.90. The normalized spacial score (nSPS) is 30.2. The maximum absolute atomic E-state index is 11.6. The fraction of sp³-hybridized carbons (Fsp3) is 0.462. The Kier molecular flexibility index (Phi) is 2.15. The highest BCUT2D eigenvalue weighted by Gasteiger charge is 2.62. The van der Waals surface area contributed by atoms with Gasteiger partial charge in [0.2, 0.25) is 0 Å². The number of aryl methyl sites for hydroxylation is 1. The molecule has 1 fully saturated rings. The fourth-order valence-corrected chi connectivity index (χ4v) is 3.49. The second-order valence-corrected chi connectivity index (χ2v) is 5.65. The van der Waals surface area contributed by atoms with Crippen LogP contribution in [0.5, 0.6) is 0 Å². The third-order valence-corrected chi connectivity index (χ3v) is 4.50. The molecule has 2 aliphatic rings. The minimum absolute atomic E-state index is 0.0456. The van der Waals surface area contributed by atoms with Gasteiger partial charge in [-0.05, 0) is 42.5 Å². The number of methoxy groups -OCH3 is 1. The molecule has 84 valence electrons. The molecule has 2 nitrogen and oxygen atoms in total. The van der Waals surface area contributed by atoms with Gasteiger partial charge in [-0.1, -0.05) is 22.0 Å². The monoisotopic (exact) mass is 280 g/mol. The van der Waals surface area contributed by atoms with Crippen molar-refractivity contribution in [1.29, 1.82) is 0 Å². The maximum atomic E-state index is 11.6. The highest BCUT2D eigenvalue weighted by Crippen LogP contribution is 2.61. The highest BCUT2D eigenvalue weighted by atomic mass is 79.9. The Morgan fingerprint density at radius 1 is 1.56 bits per heavy atom. The van der Waals surface area contributed by atoms with E-state index in [2.05, 4.69) is 34.1 Å². The number of rotatable bonds is 1. The second-order valence-electron chi connectivity index (χ2n) is 4.74. The molecule has 1 saturated carbocycles. The van der Waals surface area contributed by atoms with E-state index in [0.717, 1.165) is 23.7 Å². The van der Waals surface area contributed by atoms with Crippen LogP contribution in [0.15, 0.2) is 22.7 Å². The zero-order valence-electron chi connectivity index (χ0n) is 9.13. The molecule has 0 radical (unpaired) electrons. The van der Waals surface area contributed by atoms with Crippen molar-refractivity contribution in [2.24, 2.45) is 5.92 Å². The van der Waals surface area contributed by atoms with Crippen molar-refractivity contribution in [3.05, 3.63) is 33.8 Å². The van der Waals surface area contributed by atoms with Gasteiger partial charge in [-0.15, -0.1) is 0 Å². The van der Waals surface area contributed by atoms with Gasteiger partial charge >= 0.3 is 5.97 Å². The summed E-state index contributed by atoms with van der Waals surface area (Å²) in [4.78, 5) is 11.6. The van der Waals surface area contributed by atoms with Crippen LogP contribution >= 0.6 is 15.9 Å². The number of ether oxygens (including phenoxy) is 1. The summed E-state index contributed by atoms with van der Waals surface area (Å²) < 4.78 is 5.98.